The van der Waals surface area contributed by atoms with Crippen molar-refractivity contribution < 1.29 is 4.79 Å². The van der Waals surface area contributed by atoms with E-state index in [2.05, 4.69) is 41.0 Å². The second kappa shape index (κ2) is 4.30. The zero-order valence-electron chi connectivity index (χ0n) is 11.8. The number of piperazine rings is 1. The Labute approximate surface area is 113 Å². The van der Waals surface area contributed by atoms with E-state index in [4.69, 9.17) is 0 Å². The molecule has 1 saturated heterocycles. The second-order valence-electron chi connectivity index (χ2n) is 6.28. The number of aromatic nitrogens is 3. The lowest BCUT2D eigenvalue weighted by molar-refractivity contribution is 0.0303. The zero-order chi connectivity index (χ0) is 13.6. The maximum Gasteiger partial charge on any atom is 0.293 e. The molecule has 1 aliphatic heterocycles. The average molecular weight is 263 g/mol. The number of hydrogen-bond acceptors (Lipinski definition) is 4. The summed E-state index contributed by atoms with van der Waals surface area (Å²) in [6.07, 6.45) is 2.31. The van der Waals surface area contributed by atoms with Crippen LogP contribution in [0, 0.1) is 0 Å². The SMILES string of the molecule is CN1CCN(C(=O)c2n[nH]c(C3CC3)n2)CC1(C)C. The molecule has 1 aliphatic carbocycles. The number of amides is 1. The summed E-state index contributed by atoms with van der Waals surface area (Å²) in [5, 5.41) is 6.98. The van der Waals surface area contributed by atoms with Gasteiger partial charge in [-0.05, 0) is 33.7 Å². The monoisotopic (exact) mass is 263 g/mol. The van der Waals surface area contributed by atoms with Gasteiger partial charge in [0, 0.05) is 31.1 Å². The molecule has 2 fully saturated rings. The molecule has 0 unspecified atom stereocenters. The van der Waals surface area contributed by atoms with E-state index in [1.54, 1.807) is 0 Å². The number of nitrogens with one attached hydrogen (secondary N) is 1. The summed E-state index contributed by atoms with van der Waals surface area (Å²) in [7, 11) is 2.10. The van der Waals surface area contributed by atoms with Crippen molar-refractivity contribution in [3.8, 4) is 0 Å². The molecule has 3 rings (SSSR count). The van der Waals surface area contributed by atoms with Gasteiger partial charge in [0.1, 0.15) is 5.82 Å². The first-order valence-corrected chi connectivity index (χ1v) is 6.90. The molecule has 19 heavy (non-hydrogen) atoms. The van der Waals surface area contributed by atoms with Crippen LogP contribution >= 0.6 is 0 Å². The minimum Gasteiger partial charge on any atom is -0.333 e. The minimum atomic E-state index is -0.0516. The Morgan fingerprint density at radius 3 is 2.74 bits per heavy atom. The van der Waals surface area contributed by atoms with Crippen molar-refractivity contribution in [1.82, 2.24) is 25.0 Å². The van der Waals surface area contributed by atoms with E-state index >= 15 is 0 Å². The Morgan fingerprint density at radius 2 is 2.11 bits per heavy atom. The van der Waals surface area contributed by atoms with Gasteiger partial charge in [-0.25, -0.2) is 4.98 Å². The highest BCUT2D eigenvalue weighted by molar-refractivity contribution is 5.90. The van der Waals surface area contributed by atoms with Crippen LogP contribution in [0.2, 0.25) is 0 Å². The summed E-state index contributed by atoms with van der Waals surface area (Å²) in [6, 6.07) is 0. The van der Waals surface area contributed by atoms with Gasteiger partial charge in [-0.1, -0.05) is 0 Å². The van der Waals surface area contributed by atoms with Crippen LogP contribution in [0.4, 0.5) is 0 Å². The predicted molar refractivity (Wildman–Crippen MR) is 71.0 cm³/mol. The van der Waals surface area contributed by atoms with Crippen molar-refractivity contribution >= 4 is 5.91 Å². The van der Waals surface area contributed by atoms with Crippen LogP contribution in [0.25, 0.3) is 0 Å². The van der Waals surface area contributed by atoms with Gasteiger partial charge in [0.25, 0.3) is 5.91 Å². The highest BCUT2D eigenvalue weighted by Crippen LogP contribution is 2.37. The minimum absolute atomic E-state index is 0.00351. The molecule has 0 aromatic carbocycles. The predicted octanol–water partition coefficient (Wildman–Crippen LogP) is 0.848. The summed E-state index contributed by atoms with van der Waals surface area (Å²) in [4.78, 5) is 20.9. The van der Waals surface area contributed by atoms with Crippen molar-refractivity contribution in [1.29, 1.82) is 0 Å². The quantitative estimate of drug-likeness (QED) is 0.859. The molecule has 0 radical (unpaired) electrons. The lowest BCUT2D eigenvalue weighted by atomic mass is 10.00. The molecule has 104 valence electrons. The van der Waals surface area contributed by atoms with Crippen molar-refractivity contribution in [2.75, 3.05) is 26.7 Å². The van der Waals surface area contributed by atoms with E-state index < -0.39 is 0 Å². The summed E-state index contributed by atoms with van der Waals surface area (Å²) < 4.78 is 0. The molecule has 2 aliphatic rings. The first-order chi connectivity index (χ1) is 8.97. The van der Waals surface area contributed by atoms with Gasteiger partial charge in [0.2, 0.25) is 5.82 Å². The number of H-pyrrole nitrogens is 1. The lowest BCUT2D eigenvalue weighted by Gasteiger charge is -2.44. The second-order valence-corrected chi connectivity index (χ2v) is 6.28. The fourth-order valence-electron chi connectivity index (χ4n) is 2.46. The van der Waals surface area contributed by atoms with Crippen molar-refractivity contribution in [2.45, 2.75) is 38.1 Å². The highest BCUT2D eigenvalue weighted by Gasteiger charge is 2.35. The molecule has 2 heterocycles. The van der Waals surface area contributed by atoms with Gasteiger partial charge < -0.3 is 4.90 Å². The molecule has 1 N–H and O–H groups in total. The molecule has 1 amide bonds. The normalized spacial score (nSPS) is 23.6. The van der Waals surface area contributed by atoms with Gasteiger partial charge >= 0.3 is 0 Å². The Kier molecular flexibility index (Phi) is 2.85. The smallest absolute Gasteiger partial charge is 0.293 e. The largest absolute Gasteiger partial charge is 0.333 e. The Bertz CT molecular complexity index is 491. The molecule has 1 aromatic heterocycles. The van der Waals surface area contributed by atoms with Crippen molar-refractivity contribution in [3.63, 3.8) is 0 Å². The van der Waals surface area contributed by atoms with Gasteiger partial charge in [-0.15, -0.1) is 5.10 Å². The summed E-state index contributed by atoms with van der Waals surface area (Å²) in [6.45, 7) is 6.65. The van der Waals surface area contributed by atoms with Gasteiger partial charge in [0.05, 0.1) is 0 Å². The van der Waals surface area contributed by atoms with Crippen LogP contribution in [0.1, 0.15) is 49.1 Å². The topological polar surface area (TPSA) is 65.1 Å². The van der Waals surface area contributed by atoms with Gasteiger partial charge in [0.15, 0.2) is 0 Å². The van der Waals surface area contributed by atoms with Crippen LogP contribution in [0.3, 0.4) is 0 Å². The van der Waals surface area contributed by atoms with E-state index in [0.717, 1.165) is 38.3 Å². The number of carbonyl (C=O) groups is 1. The fraction of sp³-hybridized carbons (Fsp3) is 0.769. The third-order valence-corrected chi connectivity index (χ3v) is 4.26. The number of nitrogens with zero attached hydrogens (tertiary/aromatic N) is 4. The maximum absolute atomic E-state index is 12.4. The lowest BCUT2D eigenvalue weighted by Crippen LogP contribution is -2.59. The van der Waals surface area contributed by atoms with Crippen LogP contribution in [-0.4, -0.2) is 63.1 Å². The molecular formula is C13H21N5O. The Hall–Kier alpha value is -1.43. The van der Waals surface area contributed by atoms with Gasteiger partial charge in [-0.3, -0.25) is 14.8 Å². The Morgan fingerprint density at radius 1 is 1.37 bits per heavy atom. The standard InChI is InChI=1S/C13H21N5O/c1-13(2)8-18(7-6-17(13)3)12(19)11-14-10(15-16-11)9-4-5-9/h9H,4-8H2,1-3H3,(H,14,15,16). The average Bonchev–Trinajstić information content (AvgIpc) is 3.10. The van der Waals surface area contributed by atoms with Crippen LogP contribution < -0.4 is 0 Å². The van der Waals surface area contributed by atoms with Gasteiger partial charge in [-0.2, -0.15) is 0 Å². The van der Waals surface area contributed by atoms with Crippen LogP contribution in [-0.2, 0) is 0 Å². The first kappa shape index (κ1) is 12.6. The zero-order valence-corrected chi connectivity index (χ0v) is 11.8. The van der Waals surface area contributed by atoms with Crippen LogP contribution in [0.15, 0.2) is 0 Å². The fourth-order valence-corrected chi connectivity index (χ4v) is 2.46. The molecule has 1 aromatic rings. The van der Waals surface area contributed by atoms with E-state index in [-0.39, 0.29) is 11.4 Å². The van der Waals surface area contributed by atoms with Crippen molar-refractivity contribution in [3.05, 3.63) is 11.6 Å². The molecule has 6 heteroatoms. The Balaban J connectivity index is 1.72. The van der Waals surface area contributed by atoms with Crippen LogP contribution in [0.5, 0.6) is 0 Å². The first-order valence-electron chi connectivity index (χ1n) is 6.90. The summed E-state index contributed by atoms with van der Waals surface area (Å²) in [5.41, 5.74) is 0.00351. The molecule has 0 atom stereocenters. The number of hydrogen-bond donors (Lipinski definition) is 1. The van der Waals surface area contributed by atoms with E-state index in [1.807, 2.05) is 4.90 Å². The number of aromatic amines is 1. The van der Waals surface area contributed by atoms with E-state index in [0.29, 0.717) is 11.7 Å². The summed E-state index contributed by atoms with van der Waals surface area (Å²) >= 11 is 0. The number of carbonyl (C=O) groups excluding carboxylic acids is 1. The molecule has 1 saturated carbocycles. The summed E-state index contributed by atoms with van der Waals surface area (Å²) in [5.74, 6) is 1.64. The molecule has 0 bridgehead atoms. The van der Waals surface area contributed by atoms with E-state index in [1.165, 1.54) is 0 Å². The molecule has 6 nitrogen and oxygen atoms in total. The molecule has 0 spiro atoms. The third-order valence-electron chi connectivity index (χ3n) is 4.26. The maximum atomic E-state index is 12.4. The number of rotatable bonds is 2. The van der Waals surface area contributed by atoms with E-state index in [9.17, 15) is 4.79 Å². The highest BCUT2D eigenvalue weighted by atomic mass is 16.2. The van der Waals surface area contributed by atoms with Crippen molar-refractivity contribution in [2.24, 2.45) is 0 Å². The number of likely N-dealkylation sites (N-methyl/N-ethyl adjacent to an activating group) is 1. The third kappa shape index (κ3) is 2.36. The molecular weight excluding hydrogens is 242 g/mol.